The molecule has 1 aromatic rings. The molecule has 2 N–H and O–H groups in total. The summed E-state index contributed by atoms with van der Waals surface area (Å²) in [6.45, 7) is 6.17. The maximum Gasteiger partial charge on any atom is 0.305 e. The monoisotopic (exact) mass is 337 g/mol. The molecule has 1 atom stereocenters. The number of hydrogen-bond donors (Lipinski definition) is 2. The maximum atomic E-state index is 12.2. The Bertz CT molecular complexity index is 577. The van der Waals surface area contributed by atoms with Crippen LogP contribution in [-0.4, -0.2) is 31.2 Å². The molecule has 0 heterocycles. The standard InChI is InChI=1S/C18H27NO5/c1-18(2,3)9-8-16(20)19-14(11-17(21)22)13-7-6-12(23-4)10-15(13)24-5/h6-7,10,14H,8-9,11H2,1-5H3,(H,19,20)(H,21,22). The molecule has 0 aromatic heterocycles. The van der Waals surface area contributed by atoms with E-state index in [2.05, 4.69) is 26.1 Å². The van der Waals surface area contributed by atoms with Gasteiger partial charge in [-0.15, -0.1) is 0 Å². The molecule has 1 amide bonds. The Kier molecular flexibility index (Phi) is 7.07. The van der Waals surface area contributed by atoms with Gasteiger partial charge in [0.05, 0.1) is 26.7 Å². The number of methoxy groups -OCH3 is 2. The summed E-state index contributed by atoms with van der Waals surface area (Å²) in [7, 11) is 3.04. The van der Waals surface area contributed by atoms with Crippen molar-refractivity contribution in [2.24, 2.45) is 5.41 Å². The van der Waals surface area contributed by atoms with Crippen LogP contribution in [0.15, 0.2) is 18.2 Å². The number of rotatable bonds is 8. The molecule has 0 aliphatic carbocycles. The molecule has 6 nitrogen and oxygen atoms in total. The average molecular weight is 337 g/mol. The zero-order valence-corrected chi connectivity index (χ0v) is 15.0. The lowest BCUT2D eigenvalue weighted by molar-refractivity contribution is -0.137. The molecule has 0 spiro atoms. The van der Waals surface area contributed by atoms with Gasteiger partial charge in [0.1, 0.15) is 11.5 Å². The van der Waals surface area contributed by atoms with E-state index in [0.717, 1.165) is 6.42 Å². The summed E-state index contributed by atoms with van der Waals surface area (Å²) in [5.41, 5.74) is 0.655. The number of hydrogen-bond acceptors (Lipinski definition) is 4. The minimum atomic E-state index is -0.992. The van der Waals surface area contributed by atoms with Crippen LogP contribution in [0.4, 0.5) is 0 Å². The van der Waals surface area contributed by atoms with Crippen molar-refractivity contribution >= 4 is 11.9 Å². The fraction of sp³-hybridized carbons (Fsp3) is 0.556. The summed E-state index contributed by atoms with van der Waals surface area (Å²) in [5.74, 6) is -0.0801. The molecule has 134 valence electrons. The number of benzene rings is 1. The number of carboxylic acids is 1. The topological polar surface area (TPSA) is 84.9 Å². The first-order valence-electron chi connectivity index (χ1n) is 7.89. The Hall–Kier alpha value is -2.24. The number of carbonyl (C=O) groups excluding carboxylic acids is 1. The first kappa shape index (κ1) is 19.8. The summed E-state index contributed by atoms with van der Waals surface area (Å²) in [6.07, 6.45) is 0.848. The highest BCUT2D eigenvalue weighted by Gasteiger charge is 2.23. The van der Waals surface area contributed by atoms with Gasteiger partial charge in [-0.3, -0.25) is 9.59 Å². The Morgan fingerprint density at radius 3 is 2.38 bits per heavy atom. The number of amides is 1. The van der Waals surface area contributed by atoms with E-state index in [1.54, 1.807) is 18.2 Å². The van der Waals surface area contributed by atoms with Crippen LogP contribution >= 0.6 is 0 Å². The maximum absolute atomic E-state index is 12.2. The van der Waals surface area contributed by atoms with Crippen molar-refractivity contribution in [3.05, 3.63) is 23.8 Å². The van der Waals surface area contributed by atoms with Crippen LogP contribution in [-0.2, 0) is 9.59 Å². The first-order chi connectivity index (χ1) is 11.2. The third-order valence-electron chi connectivity index (χ3n) is 3.63. The molecule has 1 rings (SSSR count). The van der Waals surface area contributed by atoms with Gasteiger partial charge in [0.2, 0.25) is 5.91 Å². The van der Waals surface area contributed by atoms with Crippen LogP contribution in [0, 0.1) is 5.41 Å². The molecule has 0 aliphatic heterocycles. The molecule has 0 saturated heterocycles. The molecule has 0 aliphatic rings. The number of carboxylic acid groups (broad SMARTS) is 1. The van der Waals surface area contributed by atoms with E-state index >= 15 is 0 Å². The van der Waals surface area contributed by atoms with Crippen LogP contribution < -0.4 is 14.8 Å². The van der Waals surface area contributed by atoms with E-state index in [4.69, 9.17) is 14.6 Å². The second-order valence-electron chi connectivity index (χ2n) is 6.89. The van der Waals surface area contributed by atoms with E-state index in [1.807, 2.05) is 0 Å². The van der Waals surface area contributed by atoms with Crippen LogP contribution in [0.5, 0.6) is 11.5 Å². The van der Waals surface area contributed by atoms with Gasteiger partial charge in [0.15, 0.2) is 0 Å². The van der Waals surface area contributed by atoms with Gasteiger partial charge >= 0.3 is 5.97 Å². The van der Waals surface area contributed by atoms with Crippen LogP contribution in [0.3, 0.4) is 0 Å². The van der Waals surface area contributed by atoms with Crippen molar-refractivity contribution in [1.29, 1.82) is 0 Å². The van der Waals surface area contributed by atoms with Crippen LogP contribution in [0.2, 0.25) is 0 Å². The second kappa shape index (κ2) is 8.57. The summed E-state index contributed by atoms with van der Waals surface area (Å²) in [6, 6.07) is 4.45. The molecule has 1 unspecified atom stereocenters. The number of aliphatic carboxylic acids is 1. The molecule has 24 heavy (non-hydrogen) atoms. The SMILES string of the molecule is COc1ccc(C(CC(=O)O)NC(=O)CCC(C)(C)C)c(OC)c1. The number of carbonyl (C=O) groups is 2. The highest BCUT2D eigenvalue weighted by atomic mass is 16.5. The number of ether oxygens (including phenoxy) is 2. The lowest BCUT2D eigenvalue weighted by Gasteiger charge is -2.22. The van der Waals surface area contributed by atoms with Gasteiger partial charge < -0.3 is 19.9 Å². The van der Waals surface area contributed by atoms with Crippen molar-refractivity contribution in [1.82, 2.24) is 5.32 Å². The Morgan fingerprint density at radius 1 is 1.21 bits per heavy atom. The van der Waals surface area contributed by atoms with E-state index in [0.29, 0.717) is 23.5 Å². The Balaban J connectivity index is 2.97. The van der Waals surface area contributed by atoms with E-state index < -0.39 is 12.0 Å². The minimum Gasteiger partial charge on any atom is -0.497 e. The summed E-state index contributed by atoms with van der Waals surface area (Å²) < 4.78 is 10.5. The van der Waals surface area contributed by atoms with Gasteiger partial charge in [0, 0.05) is 18.1 Å². The minimum absolute atomic E-state index is 0.0391. The number of nitrogens with one attached hydrogen (secondary N) is 1. The molecule has 0 bridgehead atoms. The van der Waals surface area contributed by atoms with Crippen molar-refractivity contribution < 1.29 is 24.2 Å². The van der Waals surface area contributed by atoms with Gasteiger partial charge in [-0.1, -0.05) is 20.8 Å². The average Bonchev–Trinajstić information content (AvgIpc) is 2.50. The molecule has 0 fully saturated rings. The molecule has 1 aromatic carbocycles. The first-order valence-corrected chi connectivity index (χ1v) is 7.89. The van der Waals surface area contributed by atoms with Crippen LogP contribution in [0.25, 0.3) is 0 Å². The largest absolute Gasteiger partial charge is 0.497 e. The quantitative estimate of drug-likeness (QED) is 0.761. The highest BCUT2D eigenvalue weighted by molar-refractivity contribution is 5.78. The van der Waals surface area contributed by atoms with Gasteiger partial charge in [-0.05, 0) is 24.0 Å². The lowest BCUT2D eigenvalue weighted by Crippen LogP contribution is -2.31. The van der Waals surface area contributed by atoms with E-state index in [1.165, 1.54) is 14.2 Å². The Morgan fingerprint density at radius 2 is 1.88 bits per heavy atom. The predicted molar refractivity (Wildman–Crippen MR) is 91.4 cm³/mol. The molecule has 0 saturated carbocycles. The highest BCUT2D eigenvalue weighted by Crippen LogP contribution is 2.31. The van der Waals surface area contributed by atoms with Gasteiger partial charge in [0.25, 0.3) is 0 Å². The third kappa shape index (κ3) is 6.48. The van der Waals surface area contributed by atoms with Gasteiger partial charge in [-0.25, -0.2) is 0 Å². The zero-order valence-electron chi connectivity index (χ0n) is 15.0. The lowest BCUT2D eigenvalue weighted by atomic mass is 9.90. The molecule has 0 radical (unpaired) electrons. The van der Waals surface area contributed by atoms with Crippen LogP contribution in [0.1, 0.15) is 51.6 Å². The molecule has 6 heteroatoms. The van der Waals surface area contributed by atoms with Crippen molar-refractivity contribution in [2.45, 2.75) is 46.1 Å². The van der Waals surface area contributed by atoms with Crippen molar-refractivity contribution in [2.75, 3.05) is 14.2 Å². The van der Waals surface area contributed by atoms with Crippen molar-refractivity contribution in [3.63, 3.8) is 0 Å². The third-order valence-corrected chi connectivity index (χ3v) is 3.63. The second-order valence-corrected chi connectivity index (χ2v) is 6.89. The fourth-order valence-corrected chi connectivity index (χ4v) is 2.27. The van der Waals surface area contributed by atoms with E-state index in [9.17, 15) is 9.59 Å². The summed E-state index contributed by atoms with van der Waals surface area (Å²) in [4.78, 5) is 23.4. The molecular formula is C18H27NO5. The van der Waals surface area contributed by atoms with Crippen molar-refractivity contribution in [3.8, 4) is 11.5 Å². The summed E-state index contributed by atoms with van der Waals surface area (Å²) in [5, 5.41) is 12.0. The molecular weight excluding hydrogens is 310 g/mol. The Labute approximate surface area is 143 Å². The predicted octanol–water partition coefficient (Wildman–Crippen LogP) is 3.16. The van der Waals surface area contributed by atoms with Gasteiger partial charge in [-0.2, -0.15) is 0 Å². The normalized spacial score (nSPS) is 12.4. The zero-order chi connectivity index (χ0) is 18.3. The summed E-state index contributed by atoms with van der Waals surface area (Å²) >= 11 is 0. The smallest absolute Gasteiger partial charge is 0.305 e. The fourth-order valence-electron chi connectivity index (χ4n) is 2.27. The van der Waals surface area contributed by atoms with E-state index in [-0.39, 0.29) is 17.7 Å².